The Morgan fingerprint density at radius 2 is 2.11 bits per heavy atom. The van der Waals surface area contributed by atoms with Gasteiger partial charge in [0.15, 0.2) is 0 Å². The van der Waals surface area contributed by atoms with Gasteiger partial charge in [-0.2, -0.15) is 0 Å². The Kier molecular flexibility index (Phi) is 5.49. The second kappa shape index (κ2) is 7.13. The number of hydrogen-bond donors (Lipinski definition) is 1. The second-order valence-corrected chi connectivity index (χ2v) is 5.59. The van der Waals surface area contributed by atoms with Crippen LogP contribution in [0.4, 0.5) is 5.69 Å². The molecule has 1 heterocycles. The number of anilines is 1. The van der Waals surface area contributed by atoms with E-state index >= 15 is 0 Å². The number of likely N-dealkylation sites (N-methyl/N-ethyl adjacent to an activating group) is 1. The molecule has 1 aromatic rings. The maximum Gasteiger partial charge on any atom is 0.0637 e. The molecule has 0 bridgehead atoms. The van der Waals surface area contributed by atoms with Crippen molar-refractivity contribution >= 4 is 17.3 Å². The Bertz CT molecular complexity index is 397. The molecule has 0 saturated carbocycles. The van der Waals surface area contributed by atoms with Crippen LogP contribution in [0.5, 0.6) is 0 Å². The van der Waals surface area contributed by atoms with Crippen LogP contribution >= 0.6 is 11.6 Å². The van der Waals surface area contributed by atoms with Gasteiger partial charge in [-0.1, -0.05) is 30.7 Å². The molecule has 1 aliphatic rings. The fourth-order valence-corrected chi connectivity index (χ4v) is 2.90. The molecule has 0 amide bonds. The van der Waals surface area contributed by atoms with Crippen LogP contribution in [-0.2, 0) is 0 Å². The first-order valence-electron chi connectivity index (χ1n) is 7.15. The lowest BCUT2D eigenvalue weighted by molar-refractivity contribution is 0.0910. The highest BCUT2D eigenvalue weighted by Crippen LogP contribution is 2.20. The average Bonchev–Trinajstić information content (AvgIpc) is 2.41. The van der Waals surface area contributed by atoms with E-state index in [2.05, 4.69) is 29.0 Å². The summed E-state index contributed by atoms with van der Waals surface area (Å²) >= 11 is 6.12. The summed E-state index contributed by atoms with van der Waals surface area (Å²) in [5, 5.41) is 4.21. The maximum atomic E-state index is 6.12. The van der Waals surface area contributed by atoms with Crippen molar-refractivity contribution in [2.75, 3.05) is 44.6 Å². The van der Waals surface area contributed by atoms with E-state index in [4.69, 9.17) is 11.6 Å². The van der Waals surface area contributed by atoms with Gasteiger partial charge in [-0.05, 0) is 25.6 Å². The normalized spacial score (nSPS) is 21.5. The third kappa shape index (κ3) is 4.10. The van der Waals surface area contributed by atoms with Gasteiger partial charge in [0.2, 0.25) is 0 Å². The Morgan fingerprint density at radius 1 is 1.32 bits per heavy atom. The molecule has 2 rings (SSSR count). The van der Waals surface area contributed by atoms with Gasteiger partial charge in [0.05, 0.1) is 10.7 Å². The minimum absolute atomic E-state index is 0.666. The van der Waals surface area contributed by atoms with Gasteiger partial charge in [-0.25, -0.2) is 0 Å². The van der Waals surface area contributed by atoms with Crippen molar-refractivity contribution in [1.29, 1.82) is 0 Å². The van der Waals surface area contributed by atoms with Gasteiger partial charge < -0.3 is 5.32 Å². The summed E-state index contributed by atoms with van der Waals surface area (Å²) < 4.78 is 0. The summed E-state index contributed by atoms with van der Waals surface area (Å²) in [5.41, 5.74) is 1.03. The molecule has 1 fully saturated rings. The number of halogens is 1. The van der Waals surface area contributed by atoms with E-state index in [-0.39, 0.29) is 0 Å². The van der Waals surface area contributed by atoms with E-state index in [1.807, 2.05) is 24.3 Å². The Hall–Kier alpha value is -0.770. The maximum absolute atomic E-state index is 6.12. The van der Waals surface area contributed by atoms with Crippen LogP contribution in [-0.4, -0.2) is 55.1 Å². The monoisotopic (exact) mass is 281 g/mol. The van der Waals surface area contributed by atoms with Crippen molar-refractivity contribution in [2.45, 2.75) is 19.9 Å². The molecule has 106 valence electrons. The number of hydrogen-bond acceptors (Lipinski definition) is 3. The topological polar surface area (TPSA) is 18.5 Å². The molecular formula is C15H24ClN3. The molecule has 1 N–H and O–H groups in total. The fraction of sp³-hybridized carbons (Fsp3) is 0.600. The summed E-state index contributed by atoms with van der Waals surface area (Å²) in [5.74, 6) is 0. The summed E-state index contributed by atoms with van der Waals surface area (Å²) in [6, 6.07) is 8.58. The van der Waals surface area contributed by atoms with E-state index < -0.39 is 0 Å². The highest BCUT2D eigenvalue weighted by Gasteiger charge is 2.21. The lowest BCUT2D eigenvalue weighted by atomic mass is 10.2. The van der Waals surface area contributed by atoms with Gasteiger partial charge >= 0.3 is 0 Å². The SMILES string of the molecule is CCN1CCN(CCNc2ccccc2Cl)CC1C. The first-order valence-corrected chi connectivity index (χ1v) is 7.53. The number of nitrogens with zero attached hydrogens (tertiary/aromatic N) is 2. The first kappa shape index (κ1) is 14.6. The van der Waals surface area contributed by atoms with Crippen molar-refractivity contribution in [3.63, 3.8) is 0 Å². The van der Waals surface area contributed by atoms with Gasteiger partial charge in [0.1, 0.15) is 0 Å². The Balaban J connectivity index is 1.74. The number of benzene rings is 1. The van der Waals surface area contributed by atoms with Crippen molar-refractivity contribution in [1.82, 2.24) is 9.80 Å². The quantitative estimate of drug-likeness (QED) is 0.895. The third-order valence-electron chi connectivity index (χ3n) is 3.87. The summed E-state index contributed by atoms with van der Waals surface area (Å²) in [7, 11) is 0. The van der Waals surface area contributed by atoms with Crippen molar-refractivity contribution in [3.05, 3.63) is 29.3 Å². The molecule has 0 spiro atoms. The van der Waals surface area contributed by atoms with Gasteiger partial charge in [0, 0.05) is 38.8 Å². The summed E-state index contributed by atoms with van der Waals surface area (Å²) in [6.07, 6.45) is 0. The highest BCUT2D eigenvalue weighted by molar-refractivity contribution is 6.33. The van der Waals surface area contributed by atoms with Crippen LogP contribution in [0.15, 0.2) is 24.3 Å². The smallest absolute Gasteiger partial charge is 0.0637 e. The molecule has 1 unspecified atom stereocenters. The van der Waals surface area contributed by atoms with Crippen molar-refractivity contribution in [3.8, 4) is 0 Å². The molecule has 0 radical (unpaired) electrons. The highest BCUT2D eigenvalue weighted by atomic mass is 35.5. The zero-order valence-electron chi connectivity index (χ0n) is 11.9. The molecule has 1 saturated heterocycles. The number of para-hydroxylation sites is 1. The molecular weight excluding hydrogens is 258 g/mol. The van der Waals surface area contributed by atoms with E-state index in [0.717, 1.165) is 36.9 Å². The summed E-state index contributed by atoms with van der Waals surface area (Å²) in [4.78, 5) is 5.07. The molecule has 3 nitrogen and oxygen atoms in total. The molecule has 0 aliphatic carbocycles. The molecule has 1 atom stereocenters. The number of rotatable bonds is 5. The van der Waals surface area contributed by atoms with Crippen LogP contribution in [0.3, 0.4) is 0 Å². The number of piperazine rings is 1. The largest absolute Gasteiger partial charge is 0.383 e. The van der Waals surface area contributed by atoms with Crippen LogP contribution < -0.4 is 5.32 Å². The fourth-order valence-electron chi connectivity index (χ4n) is 2.70. The lowest BCUT2D eigenvalue weighted by Gasteiger charge is -2.39. The van der Waals surface area contributed by atoms with E-state index in [0.29, 0.717) is 6.04 Å². The predicted octanol–water partition coefficient (Wildman–Crippen LogP) is 2.78. The Labute approximate surface area is 121 Å². The molecule has 19 heavy (non-hydrogen) atoms. The third-order valence-corrected chi connectivity index (χ3v) is 4.20. The van der Waals surface area contributed by atoms with Gasteiger partial charge in [-0.15, -0.1) is 0 Å². The van der Waals surface area contributed by atoms with Crippen LogP contribution in [0.2, 0.25) is 5.02 Å². The second-order valence-electron chi connectivity index (χ2n) is 5.18. The number of nitrogens with one attached hydrogen (secondary N) is 1. The zero-order valence-corrected chi connectivity index (χ0v) is 12.7. The van der Waals surface area contributed by atoms with Crippen LogP contribution in [0.1, 0.15) is 13.8 Å². The average molecular weight is 282 g/mol. The molecule has 1 aliphatic heterocycles. The van der Waals surface area contributed by atoms with Crippen LogP contribution in [0.25, 0.3) is 0 Å². The molecule has 4 heteroatoms. The van der Waals surface area contributed by atoms with Crippen LogP contribution in [0, 0.1) is 0 Å². The van der Waals surface area contributed by atoms with Gasteiger partial charge in [-0.3, -0.25) is 9.80 Å². The lowest BCUT2D eigenvalue weighted by Crippen LogP contribution is -2.52. The van der Waals surface area contributed by atoms with Crippen molar-refractivity contribution in [2.24, 2.45) is 0 Å². The predicted molar refractivity (Wildman–Crippen MR) is 83.1 cm³/mol. The molecule has 1 aromatic carbocycles. The zero-order chi connectivity index (χ0) is 13.7. The first-order chi connectivity index (χ1) is 9.20. The summed E-state index contributed by atoms with van der Waals surface area (Å²) in [6.45, 7) is 11.3. The standard InChI is InChI=1S/C15H24ClN3/c1-3-19-11-10-18(12-13(19)2)9-8-17-15-7-5-4-6-14(15)16/h4-7,13,17H,3,8-12H2,1-2H3. The minimum atomic E-state index is 0.666. The van der Waals surface area contributed by atoms with Gasteiger partial charge in [0.25, 0.3) is 0 Å². The van der Waals surface area contributed by atoms with E-state index in [9.17, 15) is 0 Å². The van der Waals surface area contributed by atoms with E-state index in [1.165, 1.54) is 13.1 Å². The Morgan fingerprint density at radius 3 is 2.79 bits per heavy atom. The van der Waals surface area contributed by atoms with E-state index in [1.54, 1.807) is 0 Å². The minimum Gasteiger partial charge on any atom is -0.383 e. The van der Waals surface area contributed by atoms with Crippen molar-refractivity contribution < 1.29 is 0 Å². The molecule has 0 aromatic heterocycles.